The summed E-state index contributed by atoms with van der Waals surface area (Å²) < 4.78 is 8.17. The molecule has 3 rings (SSSR count). The fourth-order valence-corrected chi connectivity index (χ4v) is 3.28. The summed E-state index contributed by atoms with van der Waals surface area (Å²) in [4.78, 5) is 4.30. The van der Waals surface area contributed by atoms with E-state index in [1.54, 1.807) is 16.8 Å². The van der Waals surface area contributed by atoms with Crippen LogP contribution in [0.3, 0.4) is 0 Å². The Balaban J connectivity index is 2.04. The third-order valence-electron chi connectivity index (χ3n) is 3.32. The molecule has 0 spiro atoms. The number of hydrogen-bond acceptors (Lipinski definition) is 4. The number of nitrogens with two attached hydrogens (primary N) is 1. The van der Waals surface area contributed by atoms with Crippen molar-refractivity contribution in [2.45, 2.75) is 19.8 Å². The van der Waals surface area contributed by atoms with Crippen molar-refractivity contribution in [1.29, 1.82) is 0 Å². The van der Waals surface area contributed by atoms with Gasteiger partial charge in [0.2, 0.25) is 0 Å². The highest BCUT2D eigenvalue weighted by Gasteiger charge is 2.13. The molecule has 0 saturated heterocycles. The Bertz CT molecular complexity index is 798. The van der Waals surface area contributed by atoms with Crippen LogP contribution in [0.2, 0.25) is 0 Å². The molecule has 0 fully saturated rings. The molecule has 0 aliphatic carbocycles. The van der Waals surface area contributed by atoms with Crippen molar-refractivity contribution < 1.29 is 4.74 Å². The number of rotatable bonds is 3. The van der Waals surface area contributed by atoms with Crippen LogP contribution in [-0.2, 0) is 0 Å². The minimum Gasteiger partial charge on any atom is -0.455 e. The maximum absolute atomic E-state index is 6.18. The molecule has 0 saturated carbocycles. The van der Waals surface area contributed by atoms with E-state index in [0.29, 0.717) is 17.4 Å². The Morgan fingerprint density at radius 3 is 2.71 bits per heavy atom. The van der Waals surface area contributed by atoms with Crippen LogP contribution in [-0.4, -0.2) is 4.98 Å². The number of anilines is 1. The molecule has 21 heavy (non-hydrogen) atoms. The van der Waals surface area contributed by atoms with Gasteiger partial charge in [-0.2, -0.15) is 0 Å². The van der Waals surface area contributed by atoms with Gasteiger partial charge in [-0.25, -0.2) is 4.98 Å². The number of aromatic nitrogens is 1. The number of benzene rings is 2. The summed E-state index contributed by atoms with van der Waals surface area (Å²) in [6, 6.07) is 9.91. The van der Waals surface area contributed by atoms with Crippen molar-refractivity contribution >= 4 is 43.2 Å². The lowest BCUT2D eigenvalue weighted by Gasteiger charge is -2.15. The van der Waals surface area contributed by atoms with Crippen LogP contribution in [0.25, 0.3) is 10.2 Å². The first-order chi connectivity index (χ1) is 10.1. The molecule has 0 bridgehead atoms. The van der Waals surface area contributed by atoms with Crippen LogP contribution >= 0.6 is 27.3 Å². The number of thiazole rings is 1. The minimum atomic E-state index is 0.363. The quantitative estimate of drug-likeness (QED) is 0.620. The van der Waals surface area contributed by atoms with E-state index < -0.39 is 0 Å². The first-order valence-electron chi connectivity index (χ1n) is 6.65. The van der Waals surface area contributed by atoms with Gasteiger partial charge in [0.05, 0.1) is 10.2 Å². The van der Waals surface area contributed by atoms with Gasteiger partial charge in [0.1, 0.15) is 17.0 Å². The zero-order valence-corrected chi connectivity index (χ0v) is 14.2. The van der Waals surface area contributed by atoms with Gasteiger partial charge < -0.3 is 10.5 Å². The fourth-order valence-electron chi connectivity index (χ4n) is 2.20. The lowest BCUT2D eigenvalue weighted by atomic mass is 10.0. The Morgan fingerprint density at radius 1 is 1.19 bits per heavy atom. The monoisotopic (exact) mass is 362 g/mol. The van der Waals surface area contributed by atoms with E-state index in [4.69, 9.17) is 10.5 Å². The van der Waals surface area contributed by atoms with E-state index in [-0.39, 0.29) is 0 Å². The van der Waals surface area contributed by atoms with Gasteiger partial charge in [0.15, 0.2) is 5.75 Å². The summed E-state index contributed by atoms with van der Waals surface area (Å²) in [5.74, 6) is 1.84. The molecule has 5 heteroatoms. The summed E-state index contributed by atoms with van der Waals surface area (Å²) in [7, 11) is 0. The highest BCUT2D eigenvalue weighted by molar-refractivity contribution is 9.10. The molecule has 1 heterocycles. The highest BCUT2D eigenvalue weighted by Crippen LogP contribution is 2.38. The van der Waals surface area contributed by atoms with Gasteiger partial charge >= 0.3 is 0 Å². The molecule has 2 N–H and O–H groups in total. The number of ether oxygens (including phenoxy) is 1. The lowest BCUT2D eigenvalue weighted by Crippen LogP contribution is -1.97. The fraction of sp³-hybridized carbons (Fsp3) is 0.188. The first kappa shape index (κ1) is 14.4. The zero-order chi connectivity index (χ0) is 15.0. The maximum Gasteiger partial charge on any atom is 0.152 e. The second-order valence-corrected chi connectivity index (χ2v) is 6.92. The van der Waals surface area contributed by atoms with Crippen LogP contribution in [0.15, 0.2) is 40.3 Å². The normalized spacial score (nSPS) is 11.2. The van der Waals surface area contributed by atoms with Gasteiger partial charge in [-0.15, -0.1) is 11.3 Å². The topological polar surface area (TPSA) is 48.1 Å². The average molecular weight is 363 g/mol. The smallest absolute Gasteiger partial charge is 0.152 e. The molecule has 2 aromatic carbocycles. The summed E-state index contributed by atoms with van der Waals surface area (Å²) in [5, 5.41) is 0. The second kappa shape index (κ2) is 5.66. The van der Waals surface area contributed by atoms with Crippen molar-refractivity contribution in [3.63, 3.8) is 0 Å². The van der Waals surface area contributed by atoms with Crippen LogP contribution in [0.4, 0.5) is 5.69 Å². The largest absolute Gasteiger partial charge is 0.455 e. The molecule has 1 aromatic heterocycles. The molecular weight excluding hydrogens is 348 g/mol. The van der Waals surface area contributed by atoms with E-state index in [9.17, 15) is 0 Å². The van der Waals surface area contributed by atoms with E-state index in [1.807, 2.05) is 24.3 Å². The van der Waals surface area contributed by atoms with E-state index >= 15 is 0 Å². The van der Waals surface area contributed by atoms with Crippen molar-refractivity contribution in [2.75, 3.05) is 5.73 Å². The Kier molecular flexibility index (Phi) is 3.87. The molecule has 0 aliphatic heterocycles. The van der Waals surface area contributed by atoms with Crippen molar-refractivity contribution in [3.8, 4) is 11.5 Å². The first-order valence-corrected chi connectivity index (χ1v) is 8.32. The van der Waals surface area contributed by atoms with Gasteiger partial charge in [-0.1, -0.05) is 29.8 Å². The molecule has 0 amide bonds. The van der Waals surface area contributed by atoms with Gasteiger partial charge in [-0.05, 0) is 41.8 Å². The van der Waals surface area contributed by atoms with E-state index in [2.05, 4.69) is 40.8 Å². The standard InChI is InChI=1S/C16H15BrN2OS/c1-9(2)11-7-10(17)3-4-12(11)20-13-5-6-14-16(15(13)18)19-8-21-14/h3-9H,18H2,1-2H3. The zero-order valence-electron chi connectivity index (χ0n) is 11.8. The van der Waals surface area contributed by atoms with Crippen molar-refractivity contribution in [2.24, 2.45) is 0 Å². The van der Waals surface area contributed by atoms with E-state index in [1.165, 1.54) is 0 Å². The predicted octanol–water partition coefficient (Wildman–Crippen LogP) is 5.56. The van der Waals surface area contributed by atoms with Crippen LogP contribution in [0, 0.1) is 0 Å². The number of hydrogen-bond donors (Lipinski definition) is 1. The third-order valence-corrected chi connectivity index (χ3v) is 4.60. The molecular formula is C16H15BrN2OS. The number of halogens is 1. The van der Waals surface area contributed by atoms with Gasteiger partial charge in [0, 0.05) is 4.47 Å². The lowest BCUT2D eigenvalue weighted by molar-refractivity contribution is 0.476. The highest BCUT2D eigenvalue weighted by atomic mass is 79.9. The molecule has 0 unspecified atom stereocenters. The molecule has 3 aromatic rings. The number of fused-ring (bicyclic) bond motifs is 1. The summed E-state index contributed by atoms with van der Waals surface area (Å²) in [6.07, 6.45) is 0. The SMILES string of the molecule is CC(C)c1cc(Br)ccc1Oc1ccc2scnc2c1N. The van der Waals surface area contributed by atoms with Crippen LogP contribution < -0.4 is 10.5 Å². The van der Waals surface area contributed by atoms with Crippen LogP contribution in [0.5, 0.6) is 11.5 Å². The molecule has 108 valence electrons. The Hall–Kier alpha value is -1.59. The molecule has 3 nitrogen and oxygen atoms in total. The van der Waals surface area contributed by atoms with Crippen molar-refractivity contribution in [1.82, 2.24) is 4.98 Å². The average Bonchev–Trinajstić information content (AvgIpc) is 2.92. The van der Waals surface area contributed by atoms with Gasteiger partial charge in [-0.3, -0.25) is 0 Å². The summed E-state index contributed by atoms with van der Waals surface area (Å²) in [6.45, 7) is 4.28. The summed E-state index contributed by atoms with van der Waals surface area (Å²) >= 11 is 5.08. The minimum absolute atomic E-state index is 0.363. The van der Waals surface area contributed by atoms with Gasteiger partial charge in [0.25, 0.3) is 0 Å². The number of nitrogens with zero attached hydrogens (tertiary/aromatic N) is 1. The Morgan fingerprint density at radius 2 is 1.95 bits per heavy atom. The van der Waals surface area contributed by atoms with Crippen molar-refractivity contribution in [3.05, 3.63) is 45.9 Å². The second-order valence-electron chi connectivity index (χ2n) is 5.12. The van der Waals surface area contributed by atoms with Crippen LogP contribution in [0.1, 0.15) is 25.3 Å². The molecule has 0 atom stereocenters. The maximum atomic E-state index is 6.18. The molecule has 0 radical (unpaired) electrons. The van der Waals surface area contributed by atoms with E-state index in [0.717, 1.165) is 26.0 Å². The Labute approximate surface area is 135 Å². The molecule has 0 aliphatic rings. The predicted molar refractivity (Wildman–Crippen MR) is 92.3 cm³/mol. The summed E-state index contributed by atoms with van der Waals surface area (Å²) in [5.41, 5.74) is 10.5. The third kappa shape index (κ3) is 2.76. The number of nitrogen functional groups attached to an aromatic ring is 1.